The SMILES string of the molecule is Cc1ccccc1COc1ccc(-c2nc(C)c(C)s2)cc1N. The number of thiazole rings is 1. The molecule has 0 atom stereocenters. The maximum atomic E-state index is 6.16. The maximum absolute atomic E-state index is 6.16. The van der Waals surface area contributed by atoms with Gasteiger partial charge in [0.1, 0.15) is 17.4 Å². The van der Waals surface area contributed by atoms with Crippen molar-refractivity contribution in [1.82, 2.24) is 4.98 Å². The molecule has 3 nitrogen and oxygen atoms in total. The van der Waals surface area contributed by atoms with Crippen LogP contribution in [0.25, 0.3) is 10.6 Å². The van der Waals surface area contributed by atoms with Crippen LogP contribution >= 0.6 is 11.3 Å². The monoisotopic (exact) mass is 324 g/mol. The highest BCUT2D eigenvalue weighted by atomic mass is 32.1. The van der Waals surface area contributed by atoms with Crippen LogP contribution < -0.4 is 10.5 Å². The molecular formula is C19H20N2OS. The number of nitrogens with zero attached hydrogens (tertiary/aromatic N) is 1. The smallest absolute Gasteiger partial charge is 0.142 e. The molecule has 1 aromatic heterocycles. The fraction of sp³-hybridized carbons (Fsp3) is 0.211. The molecule has 0 saturated carbocycles. The average Bonchev–Trinajstić information content (AvgIpc) is 2.87. The Labute approximate surface area is 140 Å². The molecule has 23 heavy (non-hydrogen) atoms. The van der Waals surface area contributed by atoms with Gasteiger partial charge in [-0.05, 0) is 50.1 Å². The van der Waals surface area contributed by atoms with Gasteiger partial charge in [-0.15, -0.1) is 11.3 Å². The van der Waals surface area contributed by atoms with Crippen molar-refractivity contribution < 1.29 is 4.74 Å². The highest BCUT2D eigenvalue weighted by molar-refractivity contribution is 7.15. The van der Waals surface area contributed by atoms with Crippen molar-refractivity contribution in [2.45, 2.75) is 27.4 Å². The van der Waals surface area contributed by atoms with Crippen LogP contribution in [0.15, 0.2) is 42.5 Å². The van der Waals surface area contributed by atoms with Gasteiger partial charge in [0.05, 0.1) is 11.4 Å². The Kier molecular flexibility index (Phi) is 4.35. The summed E-state index contributed by atoms with van der Waals surface area (Å²) in [6.07, 6.45) is 0. The van der Waals surface area contributed by atoms with Gasteiger partial charge < -0.3 is 10.5 Å². The molecule has 0 amide bonds. The van der Waals surface area contributed by atoms with E-state index in [1.807, 2.05) is 37.3 Å². The molecule has 0 radical (unpaired) electrons. The molecule has 2 aromatic carbocycles. The first-order chi connectivity index (χ1) is 11.0. The van der Waals surface area contributed by atoms with Crippen LogP contribution in [0.5, 0.6) is 5.75 Å². The van der Waals surface area contributed by atoms with E-state index in [4.69, 9.17) is 10.5 Å². The third-order valence-corrected chi connectivity index (χ3v) is 5.05. The van der Waals surface area contributed by atoms with Crippen molar-refractivity contribution in [3.63, 3.8) is 0 Å². The third-order valence-electron chi connectivity index (χ3n) is 3.93. The lowest BCUT2D eigenvalue weighted by Gasteiger charge is -2.11. The molecule has 1 heterocycles. The molecule has 4 heteroatoms. The van der Waals surface area contributed by atoms with E-state index < -0.39 is 0 Å². The Morgan fingerprint density at radius 1 is 1.09 bits per heavy atom. The first-order valence-corrected chi connectivity index (χ1v) is 8.37. The van der Waals surface area contributed by atoms with Gasteiger partial charge in [-0.25, -0.2) is 4.98 Å². The standard InChI is InChI=1S/C19H20N2OS/c1-12-6-4-5-7-16(12)11-22-18-9-8-15(10-17(18)20)19-21-13(2)14(3)23-19/h4-10H,11,20H2,1-3H3. The van der Waals surface area contributed by atoms with Gasteiger partial charge in [0.25, 0.3) is 0 Å². The summed E-state index contributed by atoms with van der Waals surface area (Å²) in [5.41, 5.74) is 11.3. The molecule has 2 N–H and O–H groups in total. The minimum absolute atomic E-state index is 0.520. The second-order valence-corrected chi connectivity index (χ2v) is 6.83. The molecule has 0 aliphatic rings. The minimum Gasteiger partial charge on any atom is -0.487 e. The molecular weight excluding hydrogens is 304 g/mol. The van der Waals surface area contributed by atoms with E-state index in [2.05, 4.69) is 31.0 Å². The van der Waals surface area contributed by atoms with Gasteiger partial charge in [0.15, 0.2) is 0 Å². The summed E-state index contributed by atoms with van der Waals surface area (Å²) in [6, 6.07) is 14.1. The van der Waals surface area contributed by atoms with Crippen molar-refractivity contribution in [2.24, 2.45) is 0 Å². The Morgan fingerprint density at radius 2 is 1.87 bits per heavy atom. The van der Waals surface area contributed by atoms with Gasteiger partial charge in [-0.1, -0.05) is 24.3 Å². The Bertz CT molecular complexity index is 820. The van der Waals surface area contributed by atoms with Crippen LogP contribution in [0.3, 0.4) is 0 Å². The van der Waals surface area contributed by atoms with Crippen LogP contribution in [0, 0.1) is 20.8 Å². The van der Waals surface area contributed by atoms with Gasteiger partial charge in [0.2, 0.25) is 0 Å². The molecule has 3 rings (SSSR count). The number of hydrogen-bond acceptors (Lipinski definition) is 4. The zero-order chi connectivity index (χ0) is 16.4. The highest BCUT2D eigenvalue weighted by Crippen LogP contribution is 2.32. The van der Waals surface area contributed by atoms with Crippen molar-refractivity contribution in [2.75, 3.05) is 5.73 Å². The number of aromatic nitrogens is 1. The zero-order valence-electron chi connectivity index (χ0n) is 13.6. The summed E-state index contributed by atoms with van der Waals surface area (Å²) in [5, 5.41) is 0.997. The van der Waals surface area contributed by atoms with Crippen molar-refractivity contribution in [3.8, 4) is 16.3 Å². The molecule has 0 bridgehead atoms. The molecule has 0 aliphatic carbocycles. The summed E-state index contributed by atoms with van der Waals surface area (Å²) in [5.74, 6) is 0.710. The van der Waals surface area contributed by atoms with E-state index in [0.29, 0.717) is 18.0 Å². The van der Waals surface area contributed by atoms with Crippen molar-refractivity contribution >= 4 is 17.0 Å². The lowest BCUT2D eigenvalue weighted by atomic mass is 10.1. The van der Waals surface area contributed by atoms with E-state index in [0.717, 1.165) is 16.3 Å². The lowest BCUT2D eigenvalue weighted by molar-refractivity contribution is 0.307. The molecule has 0 fully saturated rings. The van der Waals surface area contributed by atoms with Gasteiger partial charge in [0, 0.05) is 10.4 Å². The third kappa shape index (κ3) is 3.37. The number of anilines is 1. The van der Waals surface area contributed by atoms with Gasteiger partial charge in [-0.3, -0.25) is 0 Å². The van der Waals surface area contributed by atoms with Crippen molar-refractivity contribution in [1.29, 1.82) is 0 Å². The largest absolute Gasteiger partial charge is 0.487 e. The number of benzene rings is 2. The Balaban J connectivity index is 1.78. The van der Waals surface area contributed by atoms with E-state index in [1.165, 1.54) is 16.0 Å². The average molecular weight is 324 g/mol. The maximum Gasteiger partial charge on any atom is 0.142 e. The van der Waals surface area contributed by atoms with Crippen molar-refractivity contribution in [3.05, 3.63) is 64.2 Å². The van der Waals surface area contributed by atoms with Crippen LogP contribution in [-0.2, 0) is 6.61 Å². The van der Waals surface area contributed by atoms with E-state index in [-0.39, 0.29) is 0 Å². The quantitative estimate of drug-likeness (QED) is 0.695. The normalized spacial score (nSPS) is 10.7. The predicted molar refractivity (Wildman–Crippen MR) is 96.9 cm³/mol. The number of nitrogens with two attached hydrogens (primary N) is 1. The second-order valence-electron chi connectivity index (χ2n) is 5.63. The summed E-state index contributed by atoms with van der Waals surface area (Å²) in [6.45, 7) is 6.71. The molecule has 118 valence electrons. The number of rotatable bonds is 4. The summed E-state index contributed by atoms with van der Waals surface area (Å²) in [4.78, 5) is 5.81. The second kappa shape index (κ2) is 6.42. The summed E-state index contributed by atoms with van der Waals surface area (Å²) >= 11 is 1.69. The molecule has 0 saturated heterocycles. The first kappa shape index (κ1) is 15.6. The number of hydrogen-bond donors (Lipinski definition) is 1. The molecule has 3 aromatic rings. The number of nitrogen functional groups attached to an aromatic ring is 1. The Hall–Kier alpha value is -2.33. The first-order valence-electron chi connectivity index (χ1n) is 7.56. The zero-order valence-corrected chi connectivity index (χ0v) is 14.4. The van der Waals surface area contributed by atoms with Gasteiger partial charge >= 0.3 is 0 Å². The van der Waals surface area contributed by atoms with E-state index in [9.17, 15) is 0 Å². The fourth-order valence-electron chi connectivity index (χ4n) is 2.34. The molecule has 0 spiro atoms. The van der Waals surface area contributed by atoms with Crippen LogP contribution in [-0.4, -0.2) is 4.98 Å². The lowest BCUT2D eigenvalue weighted by Crippen LogP contribution is -2.00. The fourth-order valence-corrected chi connectivity index (χ4v) is 3.25. The summed E-state index contributed by atoms with van der Waals surface area (Å²) < 4.78 is 5.88. The van der Waals surface area contributed by atoms with Crippen LogP contribution in [0.1, 0.15) is 21.7 Å². The molecule has 0 aliphatic heterocycles. The van der Waals surface area contributed by atoms with Crippen LogP contribution in [0.4, 0.5) is 5.69 Å². The van der Waals surface area contributed by atoms with Crippen LogP contribution in [0.2, 0.25) is 0 Å². The number of aryl methyl sites for hydroxylation is 3. The molecule has 0 unspecified atom stereocenters. The summed E-state index contributed by atoms with van der Waals surface area (Å²) in [7, 11) is 0. The minimum atomic E-state index is 0.520. The Morgan fingerprint density at radius 3 is 2.52 bits per heavy atom. The van der Waals surface area contributed by atoms with E-state index in [1.54, 1.807) is 11.3 Å². The predicted octanol–water partition coefficient (Wildman–Crippen LogP) is 4.90. The van der Waals surface area contributed by atoms with Gasteiger partial charge in [-0.2, -0.15) is 0 Å². The highest BCUT2D eigenvalue weighted by Gasteiger charge is 2.09. The number of ether oxygens (including phenoxy) is 1. The topological polar surface area (TPSA) is 48.1 Å². The van der Waals surface area contributed by atoms with E-state index >= 15 is 0 Å².